The molecule has 1 heterocycles. The van der Waals surface area contributed by atoms with Gasteiger partial charge in [0.25, 0.3) is 15.9 Å². The van der Waals surface area contributed by atoms with Gasteiger partial charge in [0.1, 0.15) is 5.69 Å². The minimum atomic E-state index is -4.11. The van der Waals surface area contributed by atoms with E-state index in [1.54, 1.807) is 12.1 Å². The third-order valence-electron chi connectivity index (χ3n) is 5.93. The van der Waals surface area contributed by atoms with Crippen LogP contribution in [0.25, 0.3) is 0 Å². The molecule has 0 aliphatic rings. The molecule has 2 rings (SSSR count). The molecule has 0 saturated carbocycles. The van der Waals surface area contributed by atoms with Gasteiger partial charge in [0.05, 0.1) is 17.1 Å². The third kappa shape index (κ3) is 10.6. The smallest absolute Gasteiger partial charge is 0.356 e. The van der Waals surface area contributed by atoms with Crippen LogP contribution in [0.2, 0.25) is 0 Å². The summed E-state index contributed by atoms with van der Waals surface area (Å²) in [6.45, 7) is 8.97. The first kappa shape index (κ1) is 31.0. The number of carbonyl (C=O) groups excluding carboxylic acids is 3. The Hall–Kier alpha value is -3.27. The van der Waals surface area contributed by atoms with Crippen molar-refractivity contribution in [3.63, 3.8) is 0 Å². The minimum Gasteiger partial charge on any atom is -0.461 e. The number of nitrogens with one attached hydrogen (secondary N) is 2. The van der Waals surface area contributed by atoms with Crippen LogP contribution in [0.5, 0.6) is 0 Å². The number of hydrogen-bond donors (Lipinski definition) is 2. The lowest BCUT2D eigenvalue weighted by Gasteiger charge is -2.11. The lowest BCUT2D eigenvalue weighted by molar-refractivity contribution is -0.121. The Balaban J connectivity index is 1.88. The van der Waals surface area contributed by atoms with E-state index in [0.29, 0.717) is 25.3 Å². The number of sulfonamides is 1. The topological polar surface area (TPSA) is 132 Å². The van der Waals surface area contributed by atoms with Crippen LogP contribution in [0, 0.1) is 11.8 Å². The fourth-order valence-corrected chi connectivity index (χ4v) is 4.48. The summed E-state index contributed by atoms with van der Waals surface area (Å²) in [5.41, 5.74) is 0.885. The average Bonchev–Trinajstić information content (AvgIpc) is 2.89. The first-order chi connectivity index (χ1) is 18.0. The molecule has 0 bridgehead atoms. The van der Waals surface area contributed by atoms with Crippen molar-refractivity contribution in [3.05, 3.63) is 59.4 Å². The van der Waals surface area contributed by atoms with Crippen molar-refractivity contribution in [2.24, 2.45) is 11.8 Å². The Labute approximate surface area is 225 Å². The number of benzene rings is 1. The Morgan fingerprint density at radius 3 is 2.32 bits per heavy atom. The fourth-order valence-electron chi connectivity index (χ4n) is 3.51. The summed E-state index contributed by atoms with van der Waals surface area (Å²) in [4.78, 5) is 40.4. The van der Waals surface area contributed by atoms with E-state index < -0.39 is 21.9 Å². The van der Waals surface area contributed by atoms with Gasteiger partial charge in [-0.25, -0.2) is 22.9 Å². The summed E-state index contributed by atoms with van der Waals surface area (Å²) in [5.74, 6) is -0.758. The Morgan fingerprint density at radius 2 is 1.71 bits per heavy atom. The predicted octanol–water partition coefficient (Wildman–Crippen LogP) is 4.28. The maximum absolute atomic E-state index is 12.7. The number of esters is 1. The zero-order valence-corrected chi connectivity index (χ0v) is 23.5. The second-order valence-corrected chi connectivity index (χ2v) is 11.6. The van der Waals surface area contributed by atoms with Crippen LogP contribution in [0.3, 0.4) is 0 Å². The molecule has 10 heteroatoms. The molecule has 38 heavy (non-hydrogen) atoms. The number of carbonyl (C=O) groups is 3. The number of unbranched alkanes of at least 4 members (excludes halogenated alkanes) is 1. The summed E-state index contributed by atoms with van der Waals surface area (Å²) >= 11 is 0. The number of aromatic nitrogens is 1. The minimum absolute atomic E-state index is 0.00275. The van der Waals surface area contributed by atoms with Crippen molar-refractivity contribution < 1.29 is 27.5 Å². The lowest BCUT2D eigenvalue weighted by Crippen LogP contribution is -2.30. The van der Waals surface area contributed by atoms with Gasteiger partial charge < -0.3 is 10.1 Å². The van der Waals surface area contributed by atoms with Gasteiger partial charge >= 0.3 is 5.97 Å². The van der Waals surface area contributed by atoms with Crippen LogP contribution >= 0.6 is 0 Å². The standard InChI is InChI=1S/C28H39N3O6S/c1-5-6-7-21(4)19-37-28(34)25-14-11-23(18-30-25)27(33)31-38(35,36)24-12-9-22(10-13-24)16-17-29-26(32)15-8-20(2)3/h9-14,18,20-21H,5-8,15-17,19H2,1-4H3,(H,29,32)(H,31,33). The molecule has 0 fully saturated rings. The van der Waals surface area contributed by atoms with E-state index >= 15 is 0 Å². The summed E-state index contributed by atoms with van der Waals surface area (Å²) < 4.78 is 32.6. The normalized spacial score (nSPS) is 12.1. The summed E-state index contributed by atoms with van der Waals surface area (Å²) in [7, 11) is -4.11. The first-order valence-electron chi connectivity index (χ1n) is 13.1. The highest BCUT2D eigenvalue weighted by Crippen LogP contribution is 2.13. The van der Waals surface area contributed by atoms with Crippen molar-refractivity contribution in [1.29, 1.82) is 0 Å². The molecular weight excluding hydrogens is 506 g/mol. The molecule has 1 aromatic carbocycles. The molecule has 2 amide bonds. The highest BCUT2D eigenvalue weighted by atomic mass is 32.2. The number of nitrogens with zero attached hydrogens (tertiary/aromatic N) is 1. The maximum atomic E-state index is 12.7. The zero-order chi connectivity index (χ0) is 28.1. The Bertz CT molecular complexity index is 1160. The SMILES string of the molecule is CCCCC(C)COC(=O)c1ccc(C(=O)NS(=O)(=O)c2ccc(CCNC(=O)CCC(C)C)cc2)cn1. The molecule has 2 aromatic rings. The number of amides is 2. The van der Waals surface area contributed by atoms with Gasteiger partial charge in [-0.1, -0.05) is 52.7 Å². The predicted molar refractivity (Wildman–Crippen MR) is 145 cm³/mol. The highest BCUT2D eigenvalue weighted by molar-refractivity contribution is 7.90. The van der Waals surface area contributed by atoms with E-state index in [1.165, 1.54) is 24.3 Å². The average molecular weight is 546 g/mol. The van der Waals surface area contributed by atoms with Crippen LogP contribution in [0.15, 0.2) is 47.5 Å². The number of pyridine rings is 1. The summed E-state index contributed by atoms with van der Waals surface area (Å²) in [6.07, 6.45) is 6.10. The van der Waals surface area contributed by atoms with Crippen molar-refractivity contribution in [3.8, 4) is 0 Å². The van der Waals surface area contributed by atoms with E-state index in [1.807, 2.05) is 11.6 Å². The van der Waals surface area contributed by atoms with Gasteiger partial charge in [-0.15, -0.1) is 0 Å². The summed E-state index contributed by atoms with van der Waals surface area (Å²) in [5, 5.41) is 2.86. The van der Waals surface area contributed by atoms with E-state index in [0.717, 1.165) is 37.4 Å². The Kier molecular flexibility index (Phi) is 12.4. The van der Waals surface area contributed by atoms with Gasteiger partial charge in [-0.3, -0.25) is 9.59 Å². The van der Waals surface area contributed by atoms with E-state index in [2.05, 4.69) is 31.1 Å². The van der Waals surface area contributed by atoms with Crippen molar-refractivity contribution in [2.45, 2.75) is 71.1 Å². The van der Waals surface area contributed by atoms with Gasteiger partial charge in [-0.05, 0) is 60.9 Å². The van der Waals surface area contributed by atoms with Gasteiger partial charge in [0.15, 0.2) is 0 Å². The van der Waals surface area contributed by atoms with Crippen LogP contribution in [0.4, 0.5) is 0 Å². The molecule has 0 radical (unpaired) electrons. The molecule has 1 unspecified atom stereocenters. The maximum Gasteiger partial charge on any atom is 0.356 e. The van der Waals surface area contributed by atoms with E-state index in [-0.39, 0.29) is 34.6 Å². The van der Waals surface area contributed by atoms with Gasteiger partial charge in [-0.2, -0.15) is 0 Å². The quantitative estimate of drug-likeness (QED) is 0.319. The van der Waals surface area contributed by atoms with Crippen molar-refractivity contribution in [2.75, 3.05) is 13.2 Å². The molecule has 9 nitrogen and oxygen atoms in total. The van der Waals surface area contributed by atoms with Crippen molar-refractivity contribution in [1.82, 2.24) is 15.0 Å². The highest BCUT2D eigenvalue weighted by Gasteiger charge is 2.20. The van der Waals surface area contributed by atoms with E-state index in [9.17, 15) is 22.8 Å². The monoisotopic (exact) mass is 545 g/mol. The first-order valence-corrected chi connectivity index (χ1v) is 14.6. The molecule has 0 aliphatic heterocycles. The molecule has 208 valence electrons. The molecule has 0 spiro atoms. The number of hydrogen-bond acceptors (Lipinski definition) is 7. The second-order valence-electron chi connectivity index (χ2n) is 9.89. The number of ether oxygens (including phenoxy) is 1. The zero-order valence-electron chi connectivity index (χ0n) is 22.7. The van der Waals surface area contributed by atoms with E-state index in [4.69, 9.17) is 4.74 Å². The van der Waals surface area contributed by atoms with Crippen LogP contribution in [0.1, 0.15) is 86.2 Å². The molecule has 1 aromatic heterocycles. The molecule has 2 N–H and O–H groups in total. The van der Waals surface area contributed by atoms with Gasteiger partial charge in [0.2, 0.25) is 5.91 Å². The van der Waals surface area contributed by atoms with Crippen LogP contribution in [-0.4, -0.2) is 44.3 Å². The van der Waals surface area contributed by atoms with Crippen LogP contribution < -0.4 is 10.0 Å². The largest absolute Gasteiger partial charge is 0.461 e. The van der Waals surface area contributed by atoms with Crippen LogP contribution in [-0.2, 0) is 26.0 Å². The fraction of sp³-hybridized carbons (Fsp3) is 0.500. The van der Waals surface area contributed by atoms with Gasteiger partial charge in [0, 0.05) is 19.2 Å². The molecule has 0 saturated heterocycles. The molecular formula is C28H39N3O6S. The summed E-state index contributed by atoms with van der Waals surface area (Å²) in [6, 6.07) is 8.76. The number of rotatable bonds is 15. The molecule has 0 aliphatic carbocycles. The second kappa shape index (κ2) is 15.2. The third-order valence-corrected chi connectivity index (χ3v) is 7.28. The lowest BCUT2D eigenvalue weighted by atomic mass is 10.1. The Morgan fingerprint density at radius 1 is 1.00 bits per heavy atom. The van der Waals surface area contributed by atoms with Crippen molar-refractivity contribution >= 4 is 27.8 Å². The molecule has 1 atom stereocenters.